The van der Waals surface area contributed by atoms with Crippen molar-refractivity contribution < 1.29 is 9.53 Å². The molecule has 0 aliphatic carbocycles. The predicted molar refractivity (Wildman–Crippen MR) is 65.1 cm³/mol. The lowest BCUT2D eigenvalue weighted by Gasteiger charge is -2.09. The van der Waals surface area contributed by atoms with Crippen LogP contribution in [-0.2, 0) is 9.53 Å². The van der Waals surface area contributed by atoms with E-state index >= 15 is 0 Å². The summed E-state index contributed by atoms with van der Waals surface area (Å²) in [6.07, 6.45) is 1.44. The summed E-state index contributed by atoms with van der Waals surface area (Å²) in [6.45, 7) is 2.34. The molecule has 0 aliphatic rings. The summed E-state index contributed by atoms with van der Waals surface area (Å²) in [5.74, 6) is -0.387. The van der Waals surface area contributed by atoms with E-state index in [0.29, 0.717) is 19.7 Å². The first-order chi connectivity index (χ1) is 8.11. The summed E-state index contributed by atoms with van der Waals surface area (Å²) in [5.41, 5.74) is 0.0693. The van der Waals surface area contributed by atoms with Crippen molar-refractivity contribution in [1.82, 2.24) is 15.5 Å². The first-order valence-corrected chi connectivity index (χ1v) is 5.37. The van der Waals surface area contributed by atoms with Gasteiger partial charge < -0.3 is 20.3 Å². The van der Waals surface area contributed by atoms with Gasteiger partial charge in [-0.3, -0.25) is 4.79 Å². The maximum absolute atomic E-state index is 11.5. The van der Waals surface area contributed by atoms with Gasteiger partial charge in [-0.25, -0.2) is 0 Å². The number of methoxy groups -OCH3 is 1. The zero-order valence-electron chi connectivity index (χ0n) is 10.6. The molecule has 0 radical (unpaired) electrons. The molecule has 0 unspecified atom stereocenters. The van der Waals surface area contributed by atoms with Crippen LogP contribution in [0, 0.1) is 11.3 Å². The third kappa shape index (κ3) is 8.25. The van der Waals surface area contributed by atoms with Crippen molar-refractivity contribution in [3.8, 4) is 6.07 Å². The Hall–Kier alpha value is -1.58. The Labute approximate surface area is 102 Å². The summed E-state index contributed by atoms with van der Waals surface area (Å²) in [7, 11) is 5.46. The fraction of sp³-hybridized carbons (Fsp3) is 0.636. The summed E-state index contributed by atoms with van der Waals surface area (Å²) in [6, 6.07) is 1.85. The van der Waals surface area contributed by atoms with E-state index in [1.165, 1.54) is 6.20 Å². The molecule has 17 heavy (non-hydrogen) atoms. The smallest absolute Gasteiger partial charge is 0.263 e. The predicted octanol–water partition coefficient (Wildman–Crippen LogP) is -0.692. The molecule has 0 bridgehead atoms. The van der Waals surface area contributed by atoms with Gasteiger partial charge in [-0.15, -0.1) is 0 Å². The second-order valence-electron chi connectivity index (χ2n) is 3.68. The lowest BCUT2D eigenvalue weighted by Crippen LogP contribution is -2.29. The third-order valence-corrected chi connectivity index (χ3v) is 1.91. The largest absolute Gasteiger partial charge is 0.388 e. The second-order valence-corrected chi connectivity index (χ2v) is 3.68. The monoisotopic (exact) mass is 240 g/mol. The fourth-order valence-electron chi connectivity index (χ4n) is 0.973. The molecular formula is C11H20N4O2. The average Bonchev–Trinajstić information content (AvgIpc) is 2.29. The molecule has 6 nitrogen and oxygen atoms in total. The Morgan fingerprint density at radius 3 is 2.71 bits per heavy atom. The molecule has 0 aromatic carbocycles. The van der Waals surface area contributed by atoms with E-state index in [0.717, 1.165) is 6.54 Å². The normalized spacial score (nSPS) is 11.1. The molecule has 0 atom stereocenters. The Balaban J connectivity index is 3.99. The van der Waals surface area contributed by atoms with Gasteiger partial charge in [0, 0.05) is 32.9 Å². The van der Waals surface area contributed by atoms with Crippen LogP contribution in [0.1, 0.15) is 0 Å². The molecule has 96 valence electrons. The number of carbonyl (C=O) groups excluding carboxylic acids is 1. The van der Waals surface area contributed by atoms with Crippen LogP contribution in [0.3, 0.4) is 0 Å². The van der Waals surface area contributed by atoms with Crippen LogP contribution in [0.4, 0.5) is 0 Å². The summed E-state index contributed by atoms with van der Waals surface area (Å²) in [4.78, 5) is 13.5. The van der Waals surface area contributed by atoms with Gasteiger partial charge in [0.2, 0.25) is 0 Å². The Morgan fingerprint density at radius 2 is 2.18 bits per heavy atom. The number of amides is 1. The van der Waals surface area contributed by atoms with Crippen LogP contribution in [0.5, 0.6) is 0 Å². The molecular weight excluding hydrogens is 220 g/mol. The SMILES string of the molecule is COCCNC(=O)/C(C#N)=C\NCCN(C)C. The van der Waals surface area contributed by atoms with E-state index in [2.05, 4.69) is 10.6 Å². The van der Waals surface area contributed by atoms with Crippen LogP contribution in [-0.4, -0.2) is 58.3 Å². The lowest BCUT2D eigenvalue weighted by molar-refractivity contribution is -0.117. The highest BCUT2D eigenvalue weighted by Gasteiger charge is 2.06. The number of carbonyl (C=O) groups is 1. The molecule has 0 fully saturated rings. The van der Waals surface area contributed by atoms with Crippen molar-refractivity contribution in [2.45, 2.75) is 0 Å². The van der Waals surface area contributed by atoms with Gasteiger partial charge in [0.05, 0.1) is 6.61 Å². The van der Waals surface area contributed by atoms with E-state index in [9.17, 15) is 4.79 Å². The minimum absolute atomic E-state index is 0.0693. The van der Waals surface area contributed by atoms with Crippen LogP contribution < -0.4 is 10.6 Å². The first-order valence-electron chi connectivity index (χ1n) is 5.37. The Kier molecular flexibility index (Phi) is 8.74. The van der Waals surface area contributed by atoms with Gasteiger partial charge in [0.25, 0.3) is 5.91 Å². The Bertz CT molecular complexity index is 294. The zero-order valence-corrected chi connectivity index (χ0v) is 10.6. The standard InChI is InChI=1S/C11H20N4O2/c1-15(2)6-4-13-9-10(8-12)11(16)14-5-7-17-3/h9,13H,4-7H2,1-3H3,(H,14,16)/b10-9-. The highest BCUT2D eigenvalue weighted by molar-refractivity contribution is 5.97. The first kappa shape index (κ1) is 15.4. The third-order valence-electron chi connectivity index (χ3n) is 1.91. The number of likely N-dealkylation sites (N-methyl/N-ethyl adjacent to an activating group) is 1. The van der Waals surface area contributed by atoms with Gasteiger partial charge in [-0.1, -0.05) is 0 Å². The molecule has 0 saturated carbocycles. The maximum Gasteiger partial charge on any atom is 0.263 e. The molecule has 0 rings (SSSR count). The van der Waals surface area contributed by atoms with Crippen LogP contribution in [0.15, 0.2) is 11.8 Å². The molecule has 0 heterocycles. The summed E-state index contributed by atoms with van der Waals surface area (Å²) in [5, 5.41) is 14.3. The van der Waals surface area contributed by atoms with E-state index < -0.39 is 0 Å². The molecule has 0 aliphatic heterocycles. The van der Waals surface area contributed by atoms with E-state index in [4.69, 9.17) is 10.00 Å². The number of ether oxygens (including phenoxy) is 1. The number of nitrogens with one attached hydrogen (secondary N) is 2. The number of hydrogen-bond donors (Lipinski definition) is 2. The second kappa shape index (κ2) is 9.63. The van der Waals surface area contributed by atoms with Crippen molar-refractivity contribution in [2.75, 3.05) is 47.4 Å². The Morgan fingerprint density at radius 1 is 1.47 bits per heavy atom. The summed E-state index contributed by atoms with van der Waals surface area (Å²) >= 11 is 0. The van der Waals surface area contributed by atoms with Gasteiger partial charge in [0.15, 0.2) is 0 Å². The number of nitrogens with zero attached hydrogens (tertiary/aromatic N) is 2. The van der Waals surface area contributed by atoms with Crippen molar-refractivity contribution in [1.29, 1.82) is 5.26 Å². The van der Waals surface area contributed by atoms with Crippen molar-refractivity contribution in [3.63, 3.8) is 0 Å². The van der Waals surface area contributed by atoms with Crippen molar-refractivity contribution >= 4 is 5.91 Å². The average molecular weight is 240 g/mol. The minimum Gasteiger partial charge on any atom is -0.388 e. The molecule has 0 spiro atoms. The molecule has 1 amide bonds. The van der Waals surface area contributed by atoms with Crippen LogP contribution in [0.2, 0.25) is 0 Å². The topological polar surface area (TPSA) is 77.4 Å². The van der Waals surface area contributed by atoms with Gasteiger partial charge >= 0.3 is 0 Å². The highest BCUT2D eigenvalue weighted by atomic mass is 16.5. The zero-order chi connectivity index (χ0) is 13.1. The fourth-order valence-corrected chi connectivity index (χ4v) is 0.973. The van der Waals surface area contributed by atoms with Gasteiger partial charge in [-0.2, -0.15) is 5.26 Å². The van der Waals surface area contributed by atoms with Crippen LogP contribution in [0.25, 0.3) is 0 Å². The number of hydrogen-bond acceptors (Lipinski definition) is 5. The summed E-state index contributed by atoms with van der Waals surface area (Å²) < 4.78 is 4.79. The van der Waals surface area contributed by atoms with E-state index in [1.807, 2.05) is 25.1 Å². The van der Waals surface area contributed by atoms with Gasteiger partial charge in [0.1, 0.15) is 11.6 Å². The molecule has 0 saturated heterocycles. The van der Waals surface area contributed by atoms with Crippen LogP contribution >= 0.6 is 0 Å². The van der Waals surface area contributed by atoms with Crippen molar-refractivity contribution in [2.24, 2.45) is 0 Å². The molecule has 6 heteroatoms. The minimum atomic E-state index is -0.387. The maximum atomic E-state index is 11.5. The highest BCUT2D eigenvalue weighted by Crippen LogP contribution is 1.89. The number of nitriles is 1. The number of rotatable bonds is 8. The van der Waals surface area contributed by atoms with Crippen molar-refractivity contribution in [3.05, 3.63) is 11.8 Å². The molecule has 0 aromatic heterocycles. The van der Waals surface area contributed by atoms with Gasteiger partial charge in [-0.05, 0) is 14.1 Å². The quantitative estimate of drug-likeness (QED) is 0.333. The molecule has 2 N–H and O–H groups in total. The van der Waals surface area contributed by atoms with E-state index in [1.54, 1.807) is 7.11 Å². The lowest BCUT2D eigenvalue weighted by atomic mass is 10.3. The molecule has 0 aromatic rings. The van der Waals surface area contributed by atoms with E-state index in [-0.39, 0.29) is 11.5 Å².